The zero-order valence-electron chi connectivity index (χ0n) is 7.95. The predicted molar refractivity (Wildman–Crippen MR) is 46.4 cm³/mol. The van der Waals surface area contributed by atoms with Gasteiger partial charge in [0.15, 0.2) is 0 Å². The van der Waals surface area contributed by atoms with Crippen LogP contribution in [0.25, 0.3) is 0 Å². The number of carboxylic acids is 1. The Hall–Kier alpha value is -1.10. The maximum atomic E-state index is 11.2. The van der Waals surface area contributed by atoms with E-state index in [4.69, 9.17) is 9.84 Å². The van der Waals surface area contributed by atoms with E-state index < -0.39 is 5.97 Å². The topological polar surface area (TPSA) is 66.8 Å². The molecule has 1 amide bonds. The molecule has 0 aromatic rings. The molecule has 0 aromatic heterocycles. The van der Waals surface area contributed by atoms with Gasteiger partial charge >= 0.3 is 5.97 Å². The summed E-state index contributed by atoms with van der Waals surface area (Å²) in [5.41, 5.74) is 0. The minimum Gasteiger partial charge on any atom is -0.481 e. The van der Waals surface area contributed by atoms with Crippen LogP contribution >= 0.6 is 0 Å². The lowest BCUT2D eigenvalue weighted by Gasteiger charge is -2.15. The molecule has 0 radical (unpaired) electrons. The number of hydrogen-bond donors (Lipinski definition) is 1. The molecule has 1 N–H and O–H groups in total. The number of hydrogen-bond acceptors (Lipinski definition) is 3. The summed E-state index contributed by atoms with van der Waals surface area (Å²) in [7, 11) is 3.10. The van der Waals surface area contributed by atoms with Crippen molar-refractivity contribution in [2.24, 2.45) is 0 Å². The minimum atomic E-state index is -0.897. The summed E-state index contributed by atoms with van der Waals surface area (Å²) in [6, 6.07) is 0. The number of methoxy groups -OCH3 is 1. The molecule has 5 nitrogen and oxygen atoms in total. The fraction of sp³-hybridized carbons (Fsp3) is 0.750. The number of rotatable bonds is 6. The zero-order valence-corrected chi connectivity index (χ0v) is 7.95. The van der Waals surface area contributed by atoms with Crippen molar-refractivity contribution in [2.45, 2.75) is 12.8 Å². The van der Waals surface area contributed by atoms with E-state index >= 15 is 0 Å². The SMILES string of the molecule is COCCC(=O)N(C)CCC(=O)O. The van der Waals surface area contributed by atoms with Crippen LogP contribution in [0.5, 0.6) is 0 Å². The number of carbonyl (C=O) groups is 2. The molecule has 0 fully saturated rings. The number of nitrogens with zero attached hydrogens (tertiary/aromatic N) is 1. The first-order valence-electron chi connectivity index (χ1n) is 4.02. The quantitative estimate of drug-likeness (QED) is 0.636. The Balaban J connectivity index is 3.62. The van der Waals surface area contributed by atoms with Crippen LogP contribution < -0.4 is 0 Å². The van der Waals surface area contributed by atoms with Crippen molar-refractivity contribution in [1.82, 2.24) is 4.90 Å². The standard InChI is InChI=1S/C8H15NO4/c1-9(5-3-8(11)12)7(10)4-6-13-2/h3-6H2,1-2H3,(H,11,12). The molecule has 0 atom stereocenters. The van der Waals surface area contributed by atoms with Gasteiger partial charge in [0.2, 0.25) is 5.91 Å². The maximum absolute atomic E-state index is 11.2. The van der Waals surface area contributed by atoms with E-state index in [9.17, 15) is 9.59 Å². The van der Waals surface area contributed by atoms with E-state index in [1.54, 1.807) is 7.05 Å². The van der Waals surface area contributed by atoms with Crippen molar-refractivity contribution in [3.05, 3.63) is 0 Å². The van der Waals surface area contributed by atoms with E-state index in [0.717, 1.165) is 0 Å². The van der Waals surface area contributed by atoms with Crippen molar-refractivity contribution >= 4 is 11.9 Å². The van der Waals surface area contributed by atoms with Gasteiger partial charge in [-0.15, -0.1) is 0 Å². The summed E-state index contributed by atoms with van der Waals surface area (Å²) in [5, 5.41) is 8.36. The molecule has 76 valence electrons. The summed E-state index contributed by atoms with van der Waals surface area (Å²) >= 11 is 0. The first-order valence-corrected chi connectivity index (χ1v) is 4.02. The molecule has 0 aliphatic rings. The lowest BCUT2D eigenvalue weighted by Crippen LogP contribution is -2.29. The highest BCUT2D eigenvalue weighted by Crippen LogP contribution is 1.93. The van der Waals surface area contributed by atoms with Crippen LogP contribution in [0.4, 0.5) is 0 Å². The molecule has 0 aromatic carbocycles. The number of aliphatic carboxylic acids is 1. The molecule has 13 heavy (non-hydrogen) atoms. The van der Waals surface area contributed by atoms with Gasteiger partial charge in [-0.2, -0.15) is 0 Å². The highest BCUT2D eigenvalue weighted by atomic mass is 16.5. The molecule has 5 heteroatoms. The van der Waals surface area contributed by atoms with Gasteiger partial charge in [-0.3, -0.25) is 9.59 Å². The predicted octanol–water partition coefficient (Wildman–Crippen LogP) is -0.0440. The van der Waals surface area contributed by atoms with Gasteiger partial charge in [0, 0.05) is 20.7 Å². The van der Waals surface area contributed by atoms with Crippen molar-refractivity contribution in [2.75, 3.05) is 27.3 Å². The van der Waals surface area contributed by atoms with Crippen molar-refractivity contribution in [1.29, 1.82) is 0 Å². The summed E-state index contributed by atoms with van der Waals surface area (Å²) in [4.78, 5) is 22.7. The first-order chi connectivity index (χ1) is 6.07. The van der Waals surface area contributed by atoms with Gasteiger partial charge in [-0.25, -0.2) is 0 Å². The van der Waals surface area contributed by atoms with E-state index in [1.165, 1.54) is 12.0 Å². The molecule has 0 heterocycles. The molecule has 0 aliphatic heterocycles. The normalized spacial score (nSPS) is 9.69. The van der Waals surface area contributed by atoms with Gasteiger partial charge in [0.05, 0.1) is 19.4 Å². The van der Waals surface area contributed by atoms with Crippen molar-refractivity contribution < 1.29 is 19.4 Å². The monoisotopic (exact) mass is 189 g/mol. The minimum absolute atomic E-state index is 0.0186. The van der Waals surface area contributed by atoms with Crippen LogP contribution in [-0.4, -0.2) is 49.2 Å². The molecule has 0 saturated heterocycles. The molecule has 0 bridgehead atoms. The van der Waals surface area contributed by atoms with Gasteiger partial charge in [-0.05, 0) is 0 Å². The smallest absolute Gasteiger partial charge is 0.305 e. The molecule has 0 saturated carbocycles. The Morgan fingerprint density at radius 3 is 2.46 bits per heavy atom. The summed E-state index contributed by atoms with van der Waals surface area (Å²) < 4.78 is 4.72. The third kappa shape index (κ3) is 6.10. The van der Waals surface area contributed by atoms with E-state index in [0.29, 0.717) is 13.0 Å². The van der Waals surface area contributed by atoms with Crippen LogP contribution in [0.2, 0.25) is 0 Å². The molecule has 0 rings (SSSR count). The van der Waals surface area contributed by atoms with E-state index in [1.807, 2.05) is 0 Å². The van der Waals surface area contributed by atoms with E-state index in [2.05, 4.69) is 0 Å². The van der Waals surface area contributed by atoms with Crippen LogP contribution in [0.1, 0.15) is 12.8 Å². The average molecular weight is 189 g/mol. The zero-order chi connectivity index (χ0) is 10.3. The largest absolute Gasteiger partial charge is 0.481 e. The average Bonchev–Trinajstić information content (AvgIpc) is 2.10. The van der Waals surface area contributed by atoms with Gasteiger partial charge in [-0.1, -0.05) is 0 Å². The molecule has 0 aliphatic carbocycles. The maximum Gasteiger partial charge on any atom is 0.305 e. The number of carbonyl (C=O) groups excluding carboxylic acids is 1. The Morgan fingerprint density at radius 2 is 2.00 bits per heavy atom. The number of amides is 1. The highest BCUT2D eigenvalue weighted by molar-refractivity contribution is 5.76. The Kier molecular flexibility index (Phi) is 5.88. The van der Waals surface area contributed by atoms with Crippen molar-refractivity contribution in [3.8, 4) is 0 Å². The second-order valence-electron chi connectivity index (χ2n) is 2.70. The van der Waals surface area contributed by atoms with Crippen LogP contribution in [0.3, 0.4) is 0 Å². The third-order valence-corrected chi connectivity index (χ3v) is 1.61. The Bertz CT molecular complexity index is 181. The summed E-state index contributed by atoms with van der Waals surface area (Å²) in [6.45, 7) is 0.619. The third-order valence-electron chi connectivity index (χ3n) is 1.61. The lowest BCUT2D eigenvalue weighted by molar-refractivity contribution is -0.138. The second kappa shape index (κ2) is 6.42. The summed E-state index contributed by atoms with van der Waals surface area (Å²) in [6.07, 6.45) is 0.280. The lowest BCUT2D eigenvalue weighted by atomic mass is 10.3. The Labute approximate surface area is 77.3 Å². The van der Waals surface area contributed by atoms with Crippen LogP contribution in [0.15, 0.2) is 0 Å². The number of ether oxygens (including phenoxy) is 1. The molecular weight excluding hydrogens is 174 g/mol. The fourth-order valence-electron chi connectivity index (χ4n) is 0.768. The van der Waals surface area contributed by atoms with Crippen LogP contribution in [0, 0.1) is 0 Å². The summed E-state index contributed by atoms with van der Waals surface area (Å²) in [5.74, 6) is -0.991. The molecular formula is C8H15NO4. The van der Waals surface area contributed by atoms with Crippen LogP contribution in [-0.2, 0) is 14.3 Å². The highest BCUT2D eigenvalue weighted by Gasteiger charge is 2.09. The molecule has 0 unspecified atom stereocenters. The second-order valence-corrected chi connectivity index (χ2v) is 2.70. The Morgan fingerprint density at radius 1 is 1.38 bits per heavy atom. The van der Waals surface area contributed by atoms with Gasteiger partial charge < -0.3 is 14.7 Å². The molecule has 0 spiro atoms. The number of carboxylic acid groups (broad SMARTS) is 1. The first kappa shape index (κ1) is 11.9. The van der Waals surface area contributed by atoms with Gasteiger partial charge in [0.25, 0.3) is 0 Å². The fourth-order valence-corrected chi connectivity index (χ4v) is 0.768. The van der Waals surface area contributed by atoms with Crippen molar-refractivity contribution in [3.63, 3.8) is 0 Å². The van der Waals surface area contributed by atoms with E-state index in [-0.39, 0.29) is 18.9 Å². The van der Waals surface area contributed by atoms with Gasteiger partial charge in [0.1, 0.15) is 0 Å².